The van der Waals surface area contributed by atoms with Gasteiger partial charge in [0, 0.05) is 38.6 Å². The van der Waals surface area contributed by atoms with E-state index in [-0.39, 0.29) is 5.54 Å². The Balaban J connectivity index is 1.46. The van der Waals surface area contributed by atoms with E-state index in [1.165, 1.54) is 14.7 Å². The summed E-state index contributed by atoms with van der Waals surface area (Å²) < 4.78 is 7.39. The van der Waals surface area contributed by atoms with Crippen molar-refractivity contribution in [1.82, 2.24) is 10.3 Å². The molecular formula is C24H22ClIN2O. The van der Waals surface area contributed by atoms with Crippen molar-refractivity contribution >= 4 is 34.2 Å². The Morgan fingerprint density at radius 1 is 1.10 bits per heavy atom. The Morgan fingerprint density at radius 3 is 2.72 bits per heavy atom. The van der Waals surface area contributed by atoms with Crippen molar-refractivity contribution in [2.24, 2.45) is 0 Å². The maximum atomic E-state index is 6.42. The minimum Gasteiger partial charge on any atom is -0.490 e. The summed E-state index contributed by atoms with van der Waals surface area (Å²) in [6, 6.07) is 16.6. The molecule has 3 aromatic rings. The first kappa shape index (κ1) is 19.3. The standard InChI is InChI=1S/C24H22ClIN2O/c25-22-8-5-17(26)13-16(22)14-28-24(10-11-24)21-15-27-12-9-19(21)20-3-1-2-4-23(20)29-18-6-7-18/h1-5,8-9,12-13,15,18,28H,6-7,10-11,14H2. The van der Waals surface area contributed by atoms with E-state index < -0.39 is 0 Å². The van der Waals surface area contributed by atoms with E-state index in [9.17, 15) is 0 Å². The molecule has 0 radical (unpaired) electrons. The predicted octanol–water partition coefficient (Wildman–Crippen LogP) is 6.33. The van der Waals surface area contributed by atoms with Crippen LogP contribution in [-0.2, 0) is 12.1 Å². The molecule has 5 rings (SSSR count). The smallest absolute Gasteiger partial charge is 0.127 e. The number of aromatic nitrogens is 1. The zero-order valence-corrected chi connectivity index (χ0v) is 18.9. The molecule has 2 aliphatic rings. The number of pyridine rings is 1. The molecule has 0 amide bonds. The number of ether oxygens (including phenoxy) is 1. The fraction of sp³-hybridized carbons (Fsp3) is 0.292. The van der Waals surface area contributed by atoms with Gasteiger partial charge in [0.2, 0.25) is 0 Å². The third-order valence-electron chi connectivity index (χ3n) is 5.71. The van der Waals surface area contributed by atoms with Gasteiger partial charge in [-0.15, -0.1) is 0 Å². The molecule has 1 heterocycles. The van der Waals surface area contributed by atoms with Gasteiger partial charge in [0.1, 0.15) is 5.75 Å². The first-order valence-corrected chi connectivity index (χ1v) is 11.5. The van der Waals surface area contributed by atoms with Gasteiger partial charge in [0.15, 0.2) is 0 Å². The van der Waals surface area contributed by atoms with Crippen LogP contribution in [0.25, 0.3) is 11.1 Å². The molecule has 29 heavy (non-hydrogen) atoms. The molecule has 2 saturated carbocycles. The Kier molecular flexibility index (Phi) is 5.26. The predicted molar refractivity (Wildman–Crippen MR) is 125 cm³/mol. The second kappa shape index (κ2) is 7.89. The van der Waals surface area contributed by atoms with Gasteiger partial charge in [-0.3, -0.25) is 4.98 Å². The quantitative estimate of drug-likeness (QED) is 0.373. The van der Waals surface area contributed by atoms with E-state index in [1.807, 2.05) is 30.6 Å². The monoisotopic (exact) mass is 516 g/mol. The number of rotatable bonds is 7. The van der Waals surface area contributed by atoms with Crippen molar-refractivity contribution in [3.05, 3.63) is 80.6 Å². The molecule has 2 aromatic carbocycles. The molecule has 1 aromatic heterocycles. The summed E-state index contributed by atoms with van der Waals surface area (Å²) in [6.45, 7) is 0.740. The van der Waals surface area contributed by atoms with Gasteiger partial charge >= 0.3 is 0 Å². The van der Waals surface area contributed by atoms with Crippen molar-refractivity contribution in [3.8, 4) is 16.9 Å². The molecule has 0 spiro atoms. The number of benzene rings is 2. The largest absolute Gasteiger partial charge is 0.490 e. The molecule has 3 nitrogen and oxygen atoms in total. The third-order valence-corrected chi connectivity index (χ3v) is 6.75. The van der Waals surface area contributed by atoms with Gasteiger partial charge < -0.3 is 10.1 Å². The van der Waals surface area contributed by atoms with Crippen LogP contribution in [0.3, 0.4) is 0 Å². The van der Waals surface area contributed by atoms with Gasteiger partial charge in [-0.25, -0.2) is 0 Å². The molecule has 5 heteroatoms. The first-order chi connectivity index (χ1) is 14.1. The van der Waals surface area contributed by atoms with Crippen molar-refractivity contribution < 1.29 is 4.74 Å². The topological polar surface area (TPSA) is 34.2 Å². The summed E-state index contributed by atoms with van der Waals surface area (Å²) in [6.07, 6.45) is 8.76. The second-order valence-electron chi connectivity index (χ2n) is 7.91. The lowest BCUT2D eigenvalue weighted by atomic mass is 9.94. The van der Waals surface area contributed by atoms with Gasteiger partial charge in [0.25, 0.3) is 0 Å². The highest BCUT2D eigenvalue weighted by molar-refractivity contribution is 14.1. The van der Waals surface area contributed by atoms with Crippen LogP contribution >= 0.6 is 34.2 Å². The molecule has 0 aliphatic heterocycles. The van der Waals surface area contributed by atoms with Crippen LogP contribution in [0, 0.1) is 3.57 Å². The summed E-state index contributed by atoms with van der Waals surface area (Å²) in [5, 5.41) is 4.59. The fourth-order valence-electron chi connectivity index (χ4n) is 3.78. The number of hydrogen-bond donors (Lipinski definition) is 1. The van der Waals surface area contributed by atoms with Crippen molar-refractivity contribution in [2.75, 3.05) is 0 Å². The van der Waals surface area contributed by atoms with Crippen LogP contribution < -0.4 is 10.1 Å². The van der Waals surface area contributed by atoms with Crippen LogP contribution in [0.15, 0.2) is 60.9 Å². The summed E-state index contributed by atoms with van der Waals surface area (Å²) in [4.78, 5) is 4.46. The zero-order chi connectivity index (χ0) is 19.8. The highest BCUT2D eigenvalue weighted by atomic mass is 127. The van der Waals surface area contributed by atoms with E-state index in [1.54, 1.807) is 0 Å². The van der Waals surface area contributed by atoms with Crippen molar-refractivity contribution in [1.29, 1.82) is 0 Å². The summed E-state index contributed by atoms with van der Waals surface area (Å²) in [7, 11) is 0. The maximum Gasteiger partial charge on any atom is 0.127 e. The average molecular weight is 517 g/mol. The lowest BCUT2D eigenvalue weighted by Gasteiger charge is -2.22. The van der Waals surface area contributed by atoms with Crippen LogP contribution in [0.4, 0.5) is 0 Å². The minimum atomic E-state index is -0.0547. The van der Waals surface area contributed by atoms with E-state index in [0.29, 0.717) is 6.10 Å². The zero-order valence-electron chi connectivity index (χ0n) is 16.0. The Labute approximate surface area is 190 Å². The number of hydrogen-bond acceptors (Lipinski definition) is 3. The highest BCUT2D eigenvalue weighted by Gasteiger charge is 2.45. The molecule has 2 fully saturated rings. The Hall–Kier alpha value is -1.63. The summed E-state index contributed by atoms with van der Waals surface area (Å²) in [5.41, 5.74) is 4.68. The van der Waals surface area contributed by atoms with E-state index >= 15 is 0 Å². The fourth-order valence-corrected chi connectivity index (χ4v) is 4.52. The molecule has 2 aliphatic carbocycles. The van der Waals surface area contributed by atoms with Crippen LogP contribution in [-0.4, -0.2) is 11.1 Å². The number of nitrogens with one attached hydrogen (secondary N) is 1. The molecule has 148 valence electrons. The van der Waals surface area contributed by atoms with Gasteiger partial charge in [-0.2, -0.15) is 0 Å². The minimum absolute atomic E-state index is 0.0547. The molecule has 0 unspecified atom stereocenters. The molecule has 0 bridgehead atoms. The van der Waals surface area contributed by atoms with Crippen LogP contribution in [0.5, 0.6) is 5.75 Å². The lowest BCUT2D eigenvalue weighted by molar-refractivity contribution is 0.304. The van der Waals surface area contributed by atoms with Gasteiger partial charge in [0.05, 0.1) is 6.10 Å². The van der Waals surface area contributed by atoms with E-state index in [4.69, 9.17) is 16.3 Å². The Morgan fingerprint density at radius 2 is 1.93 bits per heavy atom. The lowest BCUT2D eigenvalue weighted by Crippen LogP contribution is -2.29. The van der Waals surface area contributed by atoms with Gasteiger partial charge in [-0.05, 0) is 95.3 Å². The SMILES string of the molecule is Clc1ccc(I)cc1CNC1(c2cnccc2-c2ccccc2OC2CC2)CC1. The highest BCUT2D eigenvalue weighted by Crippen LogP contribution is 2.50. The molecule has 0 saturated heterocycles. The van der Waals surface area contributed by atoms with E-state index in [0.717, 1.165) is 54.1 Å². The molecule has 0 atom stereocenters. The van der Waals surface area contributed by atoms with Crippen LogP contribution in [0.1, 0.15) is 36.8 Å². The average Bonchev–Trinajstić information content (AvgIpc) is 3.66. The maximum absolute atomic E-state index is 6.42. The second-order valence-corrected chi connectivity index (χ2v) is 9.56. The van der Waals surface area contributed by atoms with E-state index in [2.05, 4.69) is 63.2 Å². The van der Waals surface area contributed by atoms with Crippen LogP contribution in [0.2, 0.25) is 5.02 Å². The third kappa shape index (κ3) is 4.16. The Bertz CT molecular complexity index is 1050. The van der Waals surface area contributed by atoms with Crippen molar-refractivity contribution in [2.45, 2.75) is 43.9 Å². The number of halogens is 2. The number of nitrogens with zero attached hydrogens (tertiary/aromatic N) is 1. The van der Waals surface area contributed by atoms with Gasteiger partial charge in [-0.1, -0.05) is 29.8 Å². The number of para-hydroxylation sites is 1. The molecular weight excluding hydrogens is 495 g/mol. The first-order valence-electron chi connectivity index (χ1n) is 10.0. The summed E-state index contributed by atoms with van der Waals surface area (Å²) >= 11 is 8.75. The summed E-state index contributed by atoms with van der Waals surface area (Å²) in [5.74, 6) is 0.971. The van der Waals surface area contributed by atoms with Crippen molar-refractivity contribution in [3.63, 3.8) is 0 Å². The molecule has 1 N–H and O–H groups in total. The normalized spacial score (nSPS) is 17.2.